The van der Waals surface area contributed by atoms with Gasteiger partial charge in [-0.1, -0.05) is 70.2 Å². The summed E-state index contributed by atoms with van der Waals surface area (Å²) in [6, 6.07) is 0. The summed E-state index contributed by atoms with van der Waals surface area (Å²) in [5.41, 5.74) is 0. The number of alkyl halides is 1. The van der Waals surface area contributed by atoms with Crippen LogP contribution in [-0.4, -0.2) is 125 Å². The topological polar surface area (TPSA) is 218 Å². The van der Waals surface area contributed by atoms with Gasteiger partial charge in [0, 0.05) is 40.9 Å². The molecular weight excluding hydrogens is 712 g/mol. The molecule has 0 rings (SSSR count). The number of sulfone groups is 3. The summed E-state index contributed by atoms with van der Waals surface area (Å²) >= 11 is 7.82. The Morgan fingerprint density at radius 3 is 0.800 bits per heavy atom. The Morgan fingerprint density at radius 2 is 0.733 bits per heavy atom. The van der Waals surface area contributed by atoms with Crippen LogP contribution >= 0.6 is 35.1 Å². The van der Waals surface area contributed by atoms with Gasteiger partial charge in [0.1, 0.15) is 40.0 Å². The molecule has 0 aromatic rings. The van der Waals surface area contributed by atoms with E-state index >= 15 is 0 Å². The van der Waals surface area contributed by atoms with Gasteiger partial charge in [0.25, 0.3) is 0 Å². The van der Waals surface area contributed by atoms with Crippen LogP contribution < -0.4 is 0 Å². The molecule has 0 aromatic carbocycles. The number of methoxy groups -OCH3 is 2. The fourth-order valence-corrected chi connectivity index (χ4v) is 4.23. The fourth-order valence-electron chi connectivity index (χ4n) is 1.57. The molecule has 2 atom stereocenters. The standard InChI is InChI=1S/C8H14O4S.3C4H10O2S.C4H10S.CH3Cl.2CH4.2H2O/c1-5(7(9)11-3)13-6(2)8(10)12-4;3*1-3-7(5,6)4-2;1-3-5-4-2;1-2;;;;/h5-6H,1-4H3;3*3-4H2,1-2H3;3-4H2,1-2H3;1H3;2*1H4;2*1H2. The summed E-state index contributed by atoms with van der Waals surface area (Å²) in [5, 5.41) is -0.696. The maximum atomic E-state index is 11.0. The summed E-state index contributed by atoms with van der Waals surface area (Å²) in [6.45, 7) is 17.6. The minimum atomic E-state index is -2.66. The van der Waals surface area contributed by atoms with Gasteiger partial charge >= 0.3 is 11.9 Å². The normalized spacial score (nSPS) is 10.7. The van der Waals surface area contributed by atoms with Crippen molar-refractivity contribution in [1.82, 2.24) is 0 Å². The maximum Gasteiger partial charge on any atom is 0.318 e. The molecule has 286 valence electrons. The minimum absolute atomic E-state index is 0. The molecule has 0 radical (unpaired) electrons. The van der Waals surface area contributed by atoms with E-state index in [0.717, 1.165) is 0 Å². The molecule has 0 bridgehead atoms. The summed E-state index contributed by atoms with van der Waals surface area (Å²) in [4.78, 5) is 21.9. The van der Waals surface area contributed by atoms with E-state index in [0.29, 0.717) is 0 Å². The van der Waals surface area contributed by atoms with Gasteiger partial charge in [0.2, 0.25) is 0 Å². The zero-order valence-corrected chi connectivity index (χ0v) is 33.2. The van der Waals surface area contributed by atoms with E-state index < -0.39 is 29.5 Å². The van der Waals surface area contributed by atoms with E-state index in [1.54, 1.807) is 55.4 Å². The summed E-state index contributed by atoms with van der Waals surface area (Å²) in [6.07, 6.45) is 1.47. The van der Waals surface area contributed by atoms with Crippen LogP contribution in [0.25, 0.3) is 0 Å². The first kappa shape index (κ1) is 70.9. The molecule has 0 aliphatic carbocycles. The number of carbonyl (C=O) groups excluding carboxylic acids is 2. The van der Waals surface area contributed by atoms with E-state index in [1.807, 2.05) is 11.8 Å². The number of halogens is 1. The van der Waals surface area contributed by atoms with Crippen LogP contribution in [0, 0.1) is 0 Å². The SMILES string of the molecule is C.C.CCS(=O)(=O)CC.CCS(=O)(=O)CC.CCS(=O)(=O)CC.CCSCC.CCl.COC(=O)C(C)SC(C)C(=O)OC.O.O. The lowest BCUT2D eigenvalue weighted by Crippen LogP contribution is -2.23. The summed E-state index contributed by atoms with van der Waals surface area (Å²) in [5.74, 6) is 3.46. The molecule has 0 aromatic heterocycles. The lowest BCUT2D eigenvalue weighted by molar-refractivity contribution is -0.139. The van der Waals surface area contributed by atoms with Gasteiger partial charge in [-0.2, -0.15) is 11.8 Å². The second-order valence-corrected chi connectivity index (χ2v) is 18.4. The second-order valence-electron chi connectivity index (χ2n) is 7.21. The van der Waals surface area contributed by atoms with Crippen LogP contribution in [0.5, 0.6) is 0 Å². The van der Waals surface area contributed by atoms with Crippen molar-refractivity contribution in [2.75, 3.05) is 66.6 Å². The van der Waals surface area contributed by atoms with E-state index in [1.165, 1.54) is 43.9 Å². The molecule has 0 amide bonds. The fraction of sp³-hybridized carbons (Fsp3) is 0.926. The van der Waals surface area contributed by atoms with Crippen LogP contribution in [0.1, 0.15) is 84.1 Å². The molecule has 0 fully saturated rings. The second kappa shape index (κ2) is 45.8. The van der Waals surface area contributed by atoms with E-state index in [2.05, 4.69) is 34.9 Å². The highest BCUT2D eigenvalue weighted by atomic mass is 35.5. The molecule has 4 N–H and O–H groups in total. The molecule has 0 aliphatic rings. The number of esters is 2. The Kier molecular flexibility index (Phi) is 72.2. The van der Waals surface area contributed by atoms with Crippen molar-refractivity contribution in [3.8, 4) is 0 Å². The third-order valence-corrected chi connectivity index (χ3v) is 11.8. The molecule has 2 unspecified atom stereocenters. The van der Waals surface area contributed by atoms with Crippen LogP contribution in [0.15, 0.2) is 0 Å². The number of ether oxygens (including phenoxy) is 2. The largest absolute Gasteiger partial charge is 0.468 e. The van der Waals surface area contributed by atoms with Crippen molar-refractivity contribution >= 4 is 76.6 Å². The van der Waals surface area contributed by atoms with Gasteiger partial charge in [0.05, 0.1) is 14.2 Å². The van der Waals surface area contributed by atoms with E-state index in [4.69, 9.17) is 0 Å². The van der Waals surface area contributed by atoms with Crippen molar-refractivity contribution in [2.45, 2.75) is 94.6 Å². The van der Waals surface area contributed by atoms with Crippen molar-refractivity contribution in [1.29, 1.82) is 0 Å². The summed E-state index contributed by atoms with van der Waals surface area (Å²) < 4.78 is 71.2. The minimum Gasteiger partial charge on any atom is -0.468 e. The first-order valence-electron chi connectivity index (χ1n) is 13.2. The van der Waals surface area contributed by atoms with Gasteiger partial charge in [0.15, 0.2) is 0 Å². The molecule has 18 heteroatoms. The van der Waals surface area contributed by atoms with Crippen LogP contribution in [-0.2, 0) is 48.6 Å². The number of carbonyl (C=O) groups is 2. The van der Waals surface area contributed by atoms with Crippen molar-refractivity contribution in [3.05, 3.63) is 0 Å². The first-order chi connectivity index (χ1) is 18.8. The Balaban J connectivity index is -0.0000000425. The number of thioether (sulfide) groups is 2. The zero-order chi connectivity index (χ0) is 34.3. The van der Waals surface area contributed by atoms with E-state index in [-0.39, 0.29) is 82.8 Å². The third kappa shape index (κ3) is 59.6. The lowest BCUT2D eigenvalue weighted by Gasteiger charge is -2.12. The number of hydrogen-bond donors (Lipinski definition) is 0. The molecule has 12 nitrogen and oxygen atoms in total. The molecule has 0 heterocycles. The predicted octanol–water partition coefficient (Wildman–Crippen LogP) is 4.40. The van der Waals surface area contributed by atoms with Gasteiger partial charge in [-0.15, -0.1) is 23.4 Å². The number of rotatable bonds is 12. The van der Waals surface area contributed by atoms with Crippen LogP contribution in [0.4, 0.5) is 0 Å². The van der Waals surface area contributed by atoms with E-state index in [9.17, 15) is 34.8 Å². The van der Waals surface area contributed by atoms with Crippen molar-refractivity contribution in [3.63, 3.8) is 0 Å². The van der Waals surface area contributed by atoms with Gasteiger partial charge < -0.3 is 20.4 Å². The predicted molar refractivity (Wildman–Crippen MR) is 202 cm³/mol. The number of hydrogen-bond acceptors (Lipinski definition) is 12. The molecule has 45 heavy (non-hydrogen) atoms. The monoisotopic (exact) mass is 780 g/mol. The average molecular weight is 782 g/mol. The van der Waals surface area contributed by atoms with Crippen molar-refractivity contribution < 1.29 is 55.3 Å². The van der Waals surface area contributed by atoms with Gasteiger partial charge in [-0.3, -0.25) is 9.59 Å². The molecule has 0 saturated heterocycles. The zero-order valence-electron chi connectivity index (χ0n) is 28.3. The Labute approximate surface area is 291 Å². The van der Waals surface area contributed by atoms with Gasteiger partial charge in [-0.25, -0.2) is 25.3 Å². The highest BCUT2D eigenvalue weighted by Crippen LogP contribution is 2.19. The molecule has 0 saturated carbocycles. The molecule has 0 spiro atoms. The first-order valence-corrected chi connectivity index (χ1v) is 21.5. The van der Waals surface area contributed by atoms with Crippen LogP contribution in [0.3, 0.4) is 0 Å². The highest BCUT2D eigenvalue weighted by molar-refractivity contribution is 8.01. The third-order valence-electron chi connectivity index (χ3n) is 4.52. The molecular formula is C27H69ClO12S5. The smallest absolute Gasteiger partial charge is 0.318 e. The van der Waals surface area contributed by atoms with Crippen molar-refractivity contribution in [2.24, 2.45) is 0 Å². The Hall–Kier alpha value is -0.300. The molecule has 0 aliphatic heterocycles. The lowest BCUT2D eigenvalue weighted by atomic mass is 10.5. The Morgan fingerprint density at radius 1 is 0.556 bits per heavy atom. The summed E-state index contributed by atoms with van der Waals surface area (Å²) in [7, 11) is -5.33. The highest BCUT2D eigenvalue weighted by Gasteiger charge is 2.22. The quantitative estimate of drug-likeness (QED) is 0.199. The van der Waals surface area contributed by atoms with Crippen LogP contribution in [0.2, 0.25) is 0 Å². The maximum absolute atomic E-state index is 11.0. The van der Waals surface area contributed by atoms with Gasteiger partial charge in [-0.05, 0) is 25.4 Å². The average Bonchev–Trinajstić information content (AvgIpc) is 2.98. The Bertz CT molecular complexity index is 780.